The van der Waals surface area contributed by atoms with E-state index >= 15 is 0 Å². The summed E-state index contributed by atoms with van der Waals surface area (Å²) in [6.07, 6.45) is 3.53. The van der Waals surface area contributed by atoms with Gasteiger partial charge in [-0.1, -0.05) is 0 Å². The van der Waals surface area contributed by atoms with Gasteiger partial charge in [0.25, 0.3) is 0 Å². The summed E-state index contributed by atoms with van der Waals surface area (Å²) >= 11 is 0. The first-order valence-electron chi connectivity index (χ1n) is 8.40. The maximum atomic E-state index is 14.8. The van der Waals surface area contributed by atoms with Gasteiger partial charge in [-0.2, -0.15) is 0 Å². The first-order valence-corrected chi connectivity index (χ1v) is 8.40. The van der Waals surface area contributed by atoms with Crippen molar-refractivity contribution in [3.8, 4) is 0 Å². The van der Waals surface area contributed by atoms with Crippen LogP contribution in [0.15, 0.2) is 23.1 Å². The molecule has 1 N–H and O–H groups in total. The molecule has 1 aromatic carbocycles. The Morgan fingerprint density at radius 2 is 1.84 bits per heavy atom. The summed E-state index contributed by atoms with van der Waals surface area (Å²) in [7, 11) is 3.79. The number of benzene rings is 1. The Morgan fingerprint density at radius 1 is 1.20 bits per heavy atom. The minimum absolute atomic E-state index is 0.0979. The molecular weight excluding hydrogens is 325 g/mol. The van der Waals surface area contributed by atoms with E-state index in [9.17, 15) is 14.0 Å². The SMILES string of the molecule is CN1[C@@H]2CC[C@H]1CN(c1cc3c(cc1F)c(=O)c(C(=O)O)cn3C)C2. The van der Waals surface area contributed by atoms with Crippen molar-refractivity contribution in [2.45, 2.75) is 24.9 Å². The maximum Gasteiger partial charge on any atom is 0.341 e. The average molecular weight is 345 g/mol. The second-order valence-corrected chi connectivity index (χ2v) is 7.06. The van der Waals surface area contributed by atoms with Gasteiger partial charge in [-0.15, -0.1) is 0 Å². The van der Waals surface area contributed by atoms with Crippen molar-refractivity contribution in [1.82, 2.24) is 9.47 Å². The van der Waals surface area contributed by atoms with Crippen LogP contribution in [0, 0.1) is 5.82 Å². The largest absolute Gasteiger partial charge is 0.477 e. The molecule has 0 saturated carbocycles. The highest BCUT2D eigenvalue weighted by Crippen LogP contribution is 2.33. The highest BCUT2D eigenvalue weighted by molar-refractivity contribution is 5.93. The molecule has 0 aliphatic carbocycles. The van der Waals surface area contributed by atoms with Crippen LogP contribution in [0.5, 0.6) is 0 Å². The second-order valence-electron chi connectivity index (χ2n) is 7.06. The summed E-state index contributed by atoms with van der Waals surface area (Å²) in [6, 6.07) is 3.70. The lowest BCUT2D eigenvalue weighted by atomic mass is 10.1. The summed E-state index contributed by atoms with van der Waals surface area (Å²) in [6.45, 7) is 1.52. The number of anilines is 1. The third kappa shape index (κ3) is 2.41. The van der Waals surface area contributed by atoms with Gasteiger partial charge in [0.1, 0.15) is 11.4 Å². The van der Waals surface area contributed by atoms with Crippen LogP contribution in [0.4, 0.5) is 10.1 Å². The van der Waals surface area contributed by atoms with Crippen molar-refractivity contribution in [3.05, 3.63) is 39.9 Å². The average Bonchev–Trinajstić information content (AvgIpc) is 2.79. The van der Waals surface area contributed by atoms with Crippen molar-refractivity contribution >= 4 is 22.6 Å². The van der Waals surface area contributed by atoms with Crippen LogP contribution >= 0.6 is 0 Å². The van der Waals surface area contributed by atoms with Gasteiger partial charge < -0.3 is 14.6 Å². The van der Waals surface area contributed by atoms with E-state index in [1.165, 1.54) is 12.3 Å². The molecule has 2 saturated heterocycles. The molecule has 0 spiro atoms. The Hall–Kier alpha value is -2.41. The monoisotopic (exact) mass is 345 g/mol. The number of rotatable bonds is 2. The number of aromatic carboxylic acids is 1. The van der Waals surface area contributed by atoms with E-state index in [-0.39, 0.29) is 10.9 Å². The maximum absolute atomic E-state index is 14.8. The first-order chi connectivity index (χ1) is 11.9. The zero-order chi connectivity index (χ0) is 17.9. The number of nitrogens with zero attached hydrogens (tertiary/aromatic N) is 3. The molecular formula is C18H20FN3O3. The van der Waals surface area contributed by atoms with Crippen molar-refractivity contribution in [3.63, 3.8) is 0 Å². The number of hydrogen-bond donors (Lipinski definition) is 1. The summed E-state index contributed by atoms with van der Waals surface area (Å²) < 4.78 is 16.3. The smallest absolute Gasteiger partial charge is 0.341 e. The second kappa shape index (κ2) is 5.56. The zero-order valence-electron chi connectivity index (χ0n) is 14.2. The molecule has 0 unspecified atom stereocenters. The van der Waals surface area contributed by atoms with Crippen LogP contribution in [0.25, 0.3) is 10.9 Å². The molecule has 132 valence electrons. The van der Waals surface area contributed by atoms with E-state index in [0.29, 0.717) is 23.3 Å². The van der Waals surface area contributed by atoms with Gasteiger partial charge in [-0.3, -0.25) is 9.69 Å². The molecule has 0 radical (unpaired) electrons. The summed E-state index contributed by atoms with van der Waals surface area (Å²) in [5, 5.41) is 9.25. The van der Waals surface area contributed by atoms with E-state index in [1.807, 2.05) is 4.90 Å². The number of carboxylic acids is 1. The predicted molar refractivity (Wildman–Crippen MR) is 92.9 cm³/mol. The number of aromatic nitrogens is 1. The molecule has 2 bridgehead atoms. The Bertz CT molecular complexity index is 925. The van der Waals surface area contributed by atoms with Gasteiger partial charge in [0, 0.05) is 43.8 Å². The van der Waals surface area contributed by atoms with Crippen molar-refractivity contribution in [2.75, 3.05) is 25.0 Å². The molecule has 2 aliphatic rings. The molecule has 1 aromatic heterocycles. The van der Waals surface area contributed by atoms with Gasteiger partial charge in [-0.05, 0) is 32.0 Å². The number of aryl methyl sites for hydroxylation is 1. The molecule has 2 aromatic rings. The van der Waals surface area contributed by atoms with Crippen LogP contribution in [0.3, 0.4) is 0 Å². The molecule has 2 fully saturated rings. The summed E-state index contributed by atoms with van der Waals surface area (Å²) in [4.78, 5) is 28.0. The molecule has 6 nitrogen and oxygen atoms in total. The zero-order valence-corrected chi connectivity index (χ0v) is 14.2. The summed E-state index contributed by atoms with van der Waals surface area (Å²) in [5.41, 5.74) is 0.0255. The Kier molecular flexibility index (Phi) is 3.57. The molecule has 4 rings (SSSR count). The van der Waals surface area contributed by atoms with E-state index in [2.05, 4.69) is 11.9 Å². The molecule has 2 aliphatic heterocycles. The fraction of sp³-hybridized carbons (Fsp3) is 0.444. The minimum Gasteiger partial charge on any atom is -0.477 e. The summed E-state index contributed by atoms with van der Waals surface area (Å²) in [5.74, 6) is -1.78. The van der Waals surface area contributed by atoms with Gasteiger partial charge in [0.15, 0.2) is 0 Å². The number of halogens is 1. The molecule has 7 heteroatoms. The van der Waals surface area contributed by atoms with Crippen molar-refractivity contribution in [2.24, 2.45) is 7.05 Å². The number of hydrogen-bond acceptors (Lipinski definition) is 4. The normalized spacial score (nSPS) is 23.4. The Balaban J connectivity index is 1.83. The third-order valence-corrected chi connectivity index (χ3v) is 5.68. The van der Waals surface area contributed by atoms with E-state index in [1.54, 1.807) is 17.7 Å². The van der Waals surface area contributed by atoms with E-state index in [0.717, 1.165) is 25.9 Å². The number of fused-ring (bicyclic) bond motifs is 3. The number of carbonyl (C=O) groups is 1. The first kappa shape index (κ1) is 16.1. The van der Waals surface area contributed by atoms with Crippen LogP contribution in [-0.2, 0) is 7.05 Å². The Morgan fingerprint density at radius 3 is 2.44 bits per heavy atom. The molecule has 25 heavy (non-hydrogen) atoms. The van der Waals surface area contributed by atoms with Crippen molar-refractivity contribution < 1.29 is 14.3 Å². The van der Waals surface area contributed by atoms with Gasteiger partial charge >= 0.3 is 5.97 Å². The lowest BCUT2D eigenvalue weighted by molar-refractivity contribution is 0.0695. The van der Waals surface area contributed by atoms with Crippen molar-refractivity contribution in [1.29, 1.82) is 0 Å². The van der Waals surface area contributed by atoms with Crippen LogP contribution in [0.1, 0.15) is 23.2 Å². The van der Waals surface area contributed by atoms with Gasteiger partial charge in [0.05, 0.1) is 11.2 Å². The van der Waals surface area contributed by atoms with E-state index < -0.39 is 17.2 Å². The van der Waals surface area contributed by atoms with Crippen LogP contribution < -0.4 is 10.3 Å². The van der Waals surface area contributed by atoms with Gasteiger partial charge in [-0.25, -0.2) is 9.18 Å². The number of carboxylic acid groups (broad SMARTS) is 1. The van der Waals surface area contributed by atoms with E-state index in [4.69, 9.17) is 5.11 Å². The topological polar surface area (TPSA) is 65.8 Å². The predicted octanol–water partition coefficient (Wildman–Crippen LogP) is 1.66. The standard InChI is InChI=1S/C18H20FN3O3/c1-20-9-13(18(24)25)17(23)12-5-14(19)16(6-15(12)20)22-7-10-3-4-11(8-22)21(10)2/h5-6,9-11H,3-4,7-8H2,1-2H3,(H,24,25)/t10-,11+. The minimum atomic E-state index is -1.30. The highest BCUT2D eigenvalue weighted by atomic mass is 19.1. The fourth-order valence-corrected chi connectivity index (χ4v) is 4.20. The number of pyridine rings is 1. The quantitative estimate of drug-likeness (QED) is 0.897. The fourth-order valence-electron chi connectivity index (χ4n) is 4.20. The molecule has 2 atom stereocenters. The Labute approximate surface area is 144 Å². The molecule has 0 amide bonds. The van der Waals surface area contributed by atoms with Crippen LogP contribution in [0.2, 0.25) is 0 Å². The number of piperazine rings is 1. The van der Waals surface area contributed by atoms with Crippen LogP contribution in [-0.4, -0.2) is 52.8 Å². The third-order valence-electron chi connectivity index (χ3n) is 5.68. The lowest BCUT2D eigenvalue weighted by Crippen LogP contribution is -2.52. The highest BCUT2D eigenvalue weighted by Gasteiger charge is 2.38. The van der Waals surface area contributed by atoms with Gasteiger partial charge in [0.2, 0.25) is 5.43 Å². The lowest BCUT2D eigenvalue weighted by Gasteiger charge is -2.40. The number of likely N-dealkylation sites (N-methyl/N-ethyl adjacent to an activating group) is 1. The molecule has 3 heterocycles.